The minimum Gasteiger partial charge on any atom is -0.298 e. The van der Waals surface area contributed by atoms with Gasteiger partial charge in [-0.25, -0.2) is 0 Å². The molecular formula is C14H19NOS. The fourth-order valence-corrected chi connectivity index (χ4v) is 3.75. The molecule has 1 heterocycles. The summed E-state index contributed by atoms with van der Waals surface area (Å²) < 4.78 is 0. The number of hydrogen-bond acceptors (Lipinski definition) is 3. The average molecular weight is 249 g/mol. The lowest BCUT2D eigenvalue weighted by Gasteiger charge is -2.26. The van der Waals surface area contributed by atoms with Gasteiger partial charge in [0.1, 0.15) is 0 Å². The maximum Gasteiger partial charge on any atom is 0.0790 e. The third kappa shape index (κ3) is 2.67. The van der Waals surface area contributed by atoms with Crippen molar-refractivity contribution in [2.45, 2.75) is 43.6 Å². The van der Waals surface area contributed by atoms with Gasteiger partial charge in [0, 0.05) is 11.5 Å². The fraction of sp³-hybridized carbons (Fsp3) is 0.571. The molecule has 17 heavy (non-hydrogen) atoms. The van der Waals surface area contributed by atoms with E-state index in [1.54, 1.807) is 0 Å². The molecule has 0 saturated heterocycles. The van der Waals surface area contributed by atoms with Gasteiger partial charge < -0.3 is 0 Å². The summed E-state index contributed by atoms with van der Waals surface area (Å²) in [6.45, 7) is 0. The molecule has 1 aromatic carbocycles. The molecule has 0 bridgehead atoms. The lowest BCUT2D eigenvalue weighted by molar-refractivity contribution is -0.0371. The van der Waals surface area contributed by atoms with Crippen molar-refractivity contribution in [2.75, 3.05) is 5.75 Å². The Hall–Kier alpha value is -0.510. The van der Waals surface area contributed by atoms with E-state index in [-0.39, 0.29) is 0 Å². The van der Waals surface area contributed by atoms with Gasteiger partial charge in [0.15, 0.2) is 0 Å². The van der Waals surface area contributed by atoms with Crippen molar-refractivity contribution in [1.29, 1.82) is 0 Å². The van der Waals surface area contributed by atoms with Crippen LogP contribution in [0.3, 0.4) is 0 Å². The Balaban J connectivity index is 1.64. The van der Waals surface area contributed by atoms with E-state index in [9.17, 15) is 0 Å². The Morgan fingerprint density at radius 1 is 1.18 bits per heavy atom. The lowest BCUT2D eigenvalue weighted by atomic mass is 10.0. The molecule has 1 fully saturated rings. The number of fused-ring (bicyclic) bond motifs is 1. The van der Waals surface area contributed by atoms with Gasteiger partial charge in [-0.1, -0.05) is 37.1 Å². The predicted molar refractivity (Wildman–Crippen MR) is 71.8 cm³/mol. The van der Waals surface area contributed by atoms with Crippen molar-refractivity contribution >= 4 is 11.8 Å². The fourth-order valence-electron chi connectivity index (χ4n) is 2.66. The second-order valence-corrected chi connectivity index (χ2v) is 5.94. The highest BCUT2D eigenvalue weighted by Crippen LogP contribution is 2.32. The number of nitrogens with one attached hydrogen (secondary N) is 1. The maximum atomic E-state index is 5.84. The quantitative estimate of drug-likeness (QED) is 0.829. The highest BCUT2D eigenvalue weighted by Gasteiger charge is 2.22. The molecule has 0 aromatic heterocycles. The molecule has 1 unspecified atom stereocenters. The van der Waals surface area contributed by atoms with Crippen molar-refractivity contribution in [1.82, 2.24) is 5.48 Å². The minimum absolute atomic E-state index is 0.366. The normalized spacial score (nSPS) is 24.8. The van der Waals surface area contributed by atoms with Crippen LogP contribution in [0.2, 0.25) is 0 Å². The van der Waals surface area contributed by atoms with Crippen molar-refractivity contribution in [2.24, 2.45) is 0 Å². The van der Waals surface area contributed by atoms with Crippen molar-refractivity contribution < 1.29 is 4.84 Å². The first kappa shape index (κ1) is 11.6. The number of hydroxylamine groups is 1. The smallest absolute Gasteiger partial charge is 0.0790 e. The largest absolute Gasteiger partial charge is 0.298 e. The van der Waals surface area contributed by atoms with Crippen LogP contribution in [-0.2, 0) is 10.6 Å². The molecule has 2 aliphatic rings. The summed E-state index contributed by atoms with van der Waals surface area (Å²) in [6.07, 6.45) is 5.52. The summed E-state index contributed by atoms with van der Waals surface area (Å²) in [5, 5.41) is 0. The molecule has 92 valence electrons. The first-order valence-electron chi connectivity index (χ1n) is 6.50. The third-order valence-corrected chi connectivity index (χ3v) is 4.74. The Bertz CT molecular complexity index is 376. The van der Waals surface area contributed by atoms with Crippen LogP contribution < -0.4 is 5.48 Å². The molecule has 3 heteroatoms. The van der Waals surface area contributed by atoms with E-state index in [4.69, 9.17) is 4.84 Å². The number of benzene rings is 1. The Morgan fingerprint density at radius 3 is 2.88 bits per heavy atom. The van der Waals surface area contributed by atoms with Crippen LogP contribution in [0.25, 0.3) is 0 Å². The molecular weight excluding hydrogens is 230 g/mol. The Morgan fingerprint density at radius 2 is 2.00 bits per heavy atom. The van der Waals surface area contributed by atoms with E-state index in [1.807, 2.05) is 11.8 Å². The van der Waals surface area contributed by atoms with Gasteiger partial charge in [-0.15, -0.1) is 0 Å². The van der Waals surface area contributed by atoms with Gasteiger partial charge >= 0.3 is 0 Å². The molecule has 0 radical (unpaired) electrons. The van der Waals surface area contributed by atoms with E-state index < -0.39 is 0 Å². The summed E-state index contributed by atoms with van der Waals surface area (Å²) in [7, 11) is 0. The molecule has 3 rings (SSSR count). The number of hydrogen-bond donors (Lipinski definition) is 1. The van der Waals surface area contributed by atoms with E-state index in [0.717, 1.165) is 11.5 Å². The molecule has 0 amide bonds. The van der Waals surface area contributed by atoms with Crippen LogP contribution in [0.4, 0.5) is 0 Å². The van der Waals surface area contributed by atoms with Gasteiger partial charge in [-0.05, 0) is 24.0 Å². The molecule has 1 aliphatic carbocycles. The van der Waals surface area contributed by atoms with Gasteiger partial charge in [0.25, 0.3) is 0 Å². The zero-order valence-electron chi connectivity index (χ0n) is 10.0. The third-order valence-electron chi connectivity index (χ3n) is 3.65. The molecule has 1 atom stereocenters. The first-order chi connectivity index (χ1) is 8.43. The SMILES string of the molecule is c1ccc2c(c1)CSCC2NOC1CCCC1. The summed E-state index contributed by atoms with van der Waals surface area (Å²) >= 11 is 1.99. The lowest BCUT2D eigenvalue weighted by Crippen LogP contribution is -2.30. The second kappa shape index (κ2) is 5.42. The average Bonchev–Trinajstić information content (AvgIpc) is 2.89. The summed E-state index contributed by atoms with van der Waals surface area (Å²) in [6, 6.07) is 9.07. The van der Waals surface area contributed by atoms with E-state index in [2.05, 4.69) is 29.7 Å². The van der Waals surface area contributed by atoms with Crippen molar-refractivity contribution in [3.8, 4) is 0 Å². The molecule has 1 aliphatic heterocycles. The first-order valence-corrected chi connectivity index (χ1v) is 7.65. The molecule has 0 spiro atoms. The second-order valence-electron chi connectivity index (χ2n) is 4.91. The van der Waals surface area contributed by atoms with E-state index in [1.165, 1.54) is 36.8 Å². The summed E-state index contributed by atoms with van der Waals surface area (Å²) in [5.41, 5.74) is 6.17. The van der Waals surface area contributed by atoms with Crippen LogP contribution in [0.1, 0.15) is 42.9 Å². The number of rotatable bonds is 3. The van der Waals surface area contributed by atoms with E-state index in [0.29, 0.717) is 12.1 Å². The van der Waals surface area contributed by atoms with Crippen molar-refractivity contribution in [3.63, 3.8) is 0 Å². The van der Waals surface area contributed by atoms with Crippen LogP contribution in [0.15, 0.2) is 24.3 Å². The Kier molecular flexibility index (Phi) is 3.69. The summed E-state index contributed by atoms with van der Waals surface area (Å²) in [5.74, 6) is 2.25. The highest BCUT2D eigenvalue weighted by molar-refractivity contribution is 7.98. The van der Waals surface area contributed by atoms with Crippen LogP contribution in [0.5, 0.6) is 0 Å². The van der Waals surface area contributed by atoms with Crippen LogP contribution in [-0.4, -0.2) is 11.9 Å². The molecule has 2 nitrogen and oxygen atoms in total. The minimum atomic E-state index is 0.366. The number of thioether (sulfide) groups is 1. The zero-order valence-corrected chi connectivity index (χ0v) is 10.8. The molecule has 1 saturated carbocycles. The predicted octanol–water partition coefficient (Wildman–Crippen LogP) is 3.44. The van der Waals surface area contributed by atoms with Gasteiger partial charge in [0.2, 0.25) is 0 Å². The van der Waals surface area contributed by atoms with Crippen LogP contribution in [0, 0.1) is 0 Å². The monoisotopic (exact) mass is 249 g/mol. The summed E-state index contributed by atoms with van der Waals surface area (Å²) in [4.78, 5) is 5.84. The van der Waals surface area contributed by atoms with E-state index >= 15 is 0 Å². The zero-order chi connectivity index (χ0) is 11.5. The standard InChI is InChI=1S/C14H19NOS/c1-4-8-13-11(5-1)9-17-10-14(13)15-16-12-6-2-3-7-12/h1,4-5,8,12,14-15H,2-3,6-7,9-10H2. The van der Waals surface area contributed by atoms with Gasteiger partial charge in [-0.3, -0.25) is 4.84 Å². The van der Waals surface area contributed by atoms with Crippen LogP contribution >= 0.6 is 11.8 Å². The maximum absolute atomic E-state index is 5.84. The van der Waals surface area contributed by atoms with Crippen molar-refractivity contribution in [3.05, 3.63) is 35.4 Å². The van der Waals surface area contributed by atoms with Gasteiger partial charge in [0.05, 0.1) is 12.1 Å². The molecule has 1 aromatic rings. The highest BCUT2D eigenvalue weighted by atomic mass is 32.2. The van der Waals surface area contributed by atoms with Gasteiger partial charge in [-0.2, -0.15) is 17.2 Å². The Labute approximate surface area is 107 Å². The molecule has 1 N–H and O–H groups in total. The topological polar surface area (TPSA) is 21.3 Å².